The van der Waals surface area contributed by atoms with Crippen molar-refractivity contribution < 1.29 is 19.1 Å². The van der Waals surface area contributed by atoms with Crippen LogP contribution in [0.3, 0.4) is 0 Å². The van der Waals surface area contributed by atoms with Gasteiger partial charge in [0.25, 0.3) is 11.7 Å². The van der Waals surface area contributed by atoms with E-state index < -0.39 is 5.91 Å². The highest BCUT2D eigenvalue weighted by atomic mass is 32.1. The summed E-state index contributed by atoms with van der Waals surface area (Å²) >= 11 is 1.50. The van der Waals surface area contributed by atoms with Gasteiger partial charge in [0.2, 0.25) is 0 Å². The third-order valence-corrected chi connectivity index (χ3v) is 7.72. The topological polar surface area (TPSA) is 91.5 Å². The van der Waals surface area contributed by atoms with Gasteiger partial charge in [0.1, 0.15) is 9.88 Å². The van der Waals surface area contributed by atoms with E-state index in [2.05, 4.69) is 0 Å². The van der Waals surface area contributed by atoms with E-state index >= 15 is 0 Å². The Kier molecular flexibility index (Phi) is 8.24. The average molecular weight is 531 g/mol. The van der Waals surface area contributed by atoms with E-state index in [0.717, 1.165) is 26.6 Å². The van der Waals surface area contributed by atoms with E-state index in [1.54, 1.807) is 26.4 Å². The molecular weight excluding hydrogens is 498 g/mol. The quantitative estimate of drug-likeness (QED) is 0.275. The Hall–Kier alpha value is -4.01. The number of amides is 2. The van der Waals surface area contributed by atoms with Gasteiger partial charge in [0.05, 0.1) is 26.7 Å². The number of benzene rings is 3. The largest absolute Gasteiger partial charge is 0.493 e. The van der Waals surface area contributed by atoms with Crippen LogP contribution >= 0.6 is 11.3 Å². The van der Waals surface area contributed by atoms with Gasteiger partial charge in [-0.25, -0.2) is 9.28 Å². The molecular formula is C30H32N3O4S+. The van der Waals surface area contributed by atoms with Gasteiger partial charge in [-0.3, -0.25) is 4.79 Å². The number of methoxy groups -OCH3 is 2. The summed E-state index contributed by atoms with van der Waals surface area (Å²) in [5.41, 5.74) is 8.41. The second-order valence-electron chi connectivity index (χ2n) is 9.25. The summed E-state index contributed by atoms with van der Waals surface area (Å²) in [6.07, 6.45) is 0.0538. The molecule has 0 fully saturated rings. The predicted molar refractivity (Wildman–Crippen MR) is 152 cm³/mol. The molecule has 0 saturated carbocycles. The maximum atomic E-state index is 14.4. The van der Waals surface area contributed by atoms with Crippen LogP contribution in [-0.2, 0) is 16.0 Å². The number of hydrogen-bond acceptors (Lipinski definition) is 6. The number of carbonyl (C=O) groups excluding carboxylic acids is 2. The fourth-order valence-corrected chi connectivity index (χ4v) is 5.75. The molecule has 0 spiro atoms. The van der Waals surface area contributed by atoms with E-state index in [4.69, 9.17) is 20.2 Å². The Morgan fingerprint density at radius 2 is 1.50 bits per heavy atom. The molecule has 0 aliphatic carbocycles. The molecule has 0 aliphatic heterocycles. The molecule has 0 saturated heterocycles. The lowest BCUT2D eigenvalue weighted by Gasteiger charge is -2.37. The van der Waals surface area contributed by atoms with Gasteiger partial charge in [0, 0.05) is 5.56 Å². The van der Waals surface area contributed by atoms with Gasteiger partial charge >= 0.3 is 5.91 Å². The highest BCUT2D eigenvalue weighted by Gasteiger charge is 2.47. The van der Waals surface area contributed by atoms with Gasteiger partial charge in [-0.05, 0) is 37.1 Å². The molecule has 2 amide bonds. The van der Waals surface area contributed by atoms with Crippen molar-refractivity contribution in [3.05, 3.63) is 84.4 Å². The molecule has 1 aromatic heterocycles. The number of nitrogens with two attached hydrogens (primary N) is 1. The Morgan fingerprint density at radius 3 is 2.05 bits per heavy atom. The minimum atomic E-state index is -0.576. The monoisotopic (exact) mass is 530 g/mol. The first kappa shape index (κ1) is 27.0. The van der Waals surface area contributed by atoms with Crippen LogP contribution in [0.25, 0.3) is 21.0 Å². The summed E-state index contributed by atoms with van der Waals surface area (Å²) in [5, 5.41) is 0.769. The van der Waals surface area contributed by atoms with Crippen LogP contribution < -0.4 is 19.7 Å². The number of aromatic nitrogens is 1. The molecule has 8 heteroatoms. The van der Waals surface area contributed by atoms with Crippen LogP contribution in [0.5, 0.6) is 11.5 Å². The molecule has 1 unspecified atom stereocenters. The van der Waals surface area contributed by atoms with Crippen molar-refractivity contribution in [2.75, 3.05) is 20.8 Å². The summed E-state index contributed by atoms with van der Waals surface area (Å²) in [5.74, 6) is 0.865. The average Bonchev–Trinajstić information content (AvgIpc) is 3.38. The van der Waals surface area contributed by atoms with E-state index in [0.29, 0.717) is 17.3 Å². The molecule has 0 aliphatic rings. The molecule has 1 heterocycles. The lowest BCUT2D eigenvalue weighted by atomic mass is 10.1. The van der Waals surface area contributed by atoms with Crippen LogP contribution in [0.15, 0.2) is 78.9 Å². The predicted octanol–water partition coefficient (Wildman–Crippen LogP) is 5.46. The zero-order valence-corrected chi connectivity index (χ0v) is 22.8. The molecule has 4 rings (SSSR count). The van der Waals surface area contributed by atoms with E-state index in [1.807, 2.05) is 80.6 Å². The number of nitrogens with zero attached hydrogens (tertiary/aromatic N) is 2. The number of primary amides is 1. The Balaban J connectivity index is 1.91. The second kappa shape index (κ2) is 11.6. The van der Waals surface area contributed by atoms with Crippen LogP contribution in [0, 0.1) is 0 Å². The lowest BCUT2D eigenvalue weighted by molar-refractivity contribution is -0.135. The van der Waals surface area contributed by atoms with E-state index in [9.17, 15) is 9.59 Å². The van der Waals surface area contributed by atoms with Gasteiger partial charge < -0.3 is 15.2 Å². The summed E-state index contributed by atoms with van der Waals surface area (Å²) < 4.78 is 10.5. The zero-order valence-electron chi connectivity index (χ0n) is 22.0. The smallest absolute Gasteiger partial charge is 0.325 e. The Bertz CT molecular complexity index is 1420. The van der Waals surface area contributed by atoms with E-state index in [-0.39, 0.29) is 29.4 Å². The SMILES string of the molecule is COc1ccc(CC(=O)[N+](CC(N)=O)(c2nc(-c3ccccc3)sc2-c2ccccc2)C(C)C)cc1OC. The van der Waals surface area contributed by atoms with Crippen molar-refractivity contribution >= 4 is 29.0 Å². The molecule has 4 aromatic rings. The first-order valence-corrected chi connectivity index (χ1v) is 13.1. The van der Waals surface area contributed by atoms with E-state index in [1.165, 1.54) is 11.3 Å². The fraction of sp³-hybridized carbons (Fsp3) is 0.233. The minimum Gasteiger partial charge on any atom is -0.493 e. The van der Waals surface area contributed by atoms with Crippen molar-refractivity contribution in [3.8, 4) is 32.5 Å². The summed E-state index contributed by atoms with van der Waals surface area (Å²) in [4.78, 5) is 32.8. The Morgan fingerprint density at radius 1 is 0.895 bits per heavy atom. The van der Waals surface area contributed by atoms with Gasteiger partial charge in [-0.15, -0.1) is 11.3 Å². The third kappa shape index (κ3) is 5.32. The van der Waals surface area contributed by atoms with Crippen molar-refractivity contribution in [1.29, 1.82) is 0 Å². The first-order chi connectivity index (χ1) is 18.3. The number of thiazole rings is 1. The standard InChI is InChI=1S/C30H31N3O4S/c1-20(2)33(19-26(31)34,27(35)18-21-15-16-24(36-3)25(17-21)37-4)29-28(22-11-7-5-8-12-22)38-30(32-29)23-13-9-6-10-14-23/h5-17,20H,18-19H2,1-4H3,(H-,31,34)/p+1. The summed E-state index contributed by atoms with van der Waals surface area (Å²) in [6, 6.07) is 24.7. The molecule has 2 N–H and O–H groups in total. The van der Waals surface area contributed by atoms with Gasteiger partial charge in [-0.2, -0.15) is 4.98 Å². The molecule has 0 bridgehead atoms. The van der Waals surface area contributed by atoms with Gasteiger partial charge in [-0.1, -0.05) is 66.7 Å². The number of quaternary nitrogens is 1. The molecule has 3 aromatic carbocycles. The lowest BCUT2D eigenvalue weighted by Crippen LogP contribution is -2.63. The van der Waals surface area contributed by atoms with Crippen LogP contribution in [0.2, 0.25) is 0 Å². The molecule has 196 valence electrons. The van der Waals surface area contributed by atoms with Crippen LogP contribution in [0.4, 0.5) is 5.82 Å². The summed E-state index contributed by atoms with van der Waals surface area (Å²) in [6.45, 7) is 3.64. The first-order valence-electron chi connectivity index (χ1n) is 12.3. The Labute approximate surface area is 227 Å². The molecule has 1 atom stereocenters. The maximum Gasteiger partial charge on any atom is 0.325 e. The van der Waals surface area contributed by atoms with Crippen LogP contribution in [-0.4, -0.2) is 43.6 Å². The molecule has 38 heavy (non-hydrogen) atoms. The van der Waals surface area contributed by atoms with Crippen molar-refractivity contribution in [2.45, 2.75) is 26.3 Å². The molecule has 7 nitrogen and oxygen atoms in total. The number of carbonyl (C=O) groups is 2. The minimum absolute atomic E-state index is 0.0538. The number of hydrogen-bond donors (Lipinski definition) is 1. The fourth-order valence-electron chi connectivity index (χ4n) is 4.61. The number of ether oxygens (including phenoxy) is 2. The van der Waals surface area contributed by atoms with Gasteiger partial charge in [0.15, 0.2) is 18.0 Å². The maximum absolute atomic E-state index is 14.4. The number of rotatable bonds is 10. The van der Waals surface area contributed by atoms with Crippen molar-refractivity contribution in [2.24, 2.45) is 5.73 Å². The zero-order chi connectivity index (χ0) is 27.3. The van der Waals surface area contributed by atoms with Crippen molar-refractivity contribution in [1.82, 2.24) is 9.47 Å². The van der Waals surface area contributed by atoms with Crippen LogP contribution in [0.1, 0.15) is 19.4 Å². The third-order valence-electron chi connectivity index (χ3n) is 6.58. The highest BCUT2D eigenvalue weighted by Crippen LogP contribution is 2.44. The second-order valence-corrected chi connectivity index (χ2v) is 10.2. The normalized spacial score (nSPS) is 12.7. The summed E-state index contributed by atoms with van der Waals surface area (Å²) in [7, 11) is 3.12. The molecule has 0 radical (unpaired) electrons. The highest BCUT2D eigenvalue weighted by molar-refractivity contribution is 7.19. The van der Waals surface area contributed by atoms with Crippen molar-refractivity contribution in [3.63, 3.8) is 0 Å².